The van der Waals surface area contributed by atoms with Crippen molar-refractivity contribution in [2.24, 2.45) is 5.41 Å². The topological polar surface area (TPSA) is 9.23 Å². The smallest absolute Gasteiger partial charge is 0.0651 e. The van der Waals surface area contributed by atoms with Gasteiger partial charge in [0.15, 0.2) is 0 Å². The fourth-order valence-electron chi connectivity index (χ4n) is 1.66. The van der Waals surface area contributed by atoms with Crippen LogP contribution in [0.2, 0.25) is 0 Å². The van der Waals surface area contributed by atoms with Crippen molar-refractivity contribution in [1.29, 1.82) is 0 Å². The fraction of sp³-hybridized carbons (Fsp3) is 1.00. The van der Waals surface area contributed by atoms with Crippen LogP contribution >= 0.6 is 0 Å². The molecule has 0 bridgehead atoms. The van der Waals surface area contributed by atoms with Gasteiger partial charge in [0, 0.05) is 7.11 Å². The Morgan fingerprint density at radius 1 is 0.909 bits per heavy atom. The minimum Gasteiger partial charge on any atom is -0.379 e. The number of methoxy groups -OCH3 is 1. The highest BCUT2D eigenvalue weighted by Gasteiger charge is 2.34. The molecule has 0 radical (unpaired) electrons. The average Bonchev–Trinajstić information content (AvgIpc) is 1.97. The molecule has 0 heterocycles. The van der Waals surface area contributed by atoms with E-state index in [1.165, 1.54) is 25.7 Å². The van der Waals surface area contributed by atoms with Crippen LogP contribution in [0.4, 0.5) is 0 Å². The third kappa shape index (κ3) is 2.19. The highest BCUT2D eigenvalue weighted by Crippen LogP contribution is 2.41. The largest absolute Gasteiger partial charge is 0.379 e. The summed E-state index contributed by atoms with van der Waals surface area (Å²) < 4.78 is 5.47. The summed E-state index contributed by atoms with van der Waals surface area (Å²) in [6, 6.07) is 0. The van der Waals surface area contributed by atoms with Gasteiger partial charge in [0.2, 0.25) is 0 Å². The van der Waals surface area contributed by atoms with Crippen LogP contribution in [0.1, 0.15) is 46.5 Å². The summed E-state index contributed by atoms with van der Waals surface area (Å²) in [4.78, 5) is 0. The SMILES string of the molecule is COC1(C)CCC(C)(C)CC1. The lowest BCUT2D eigenvalue weighted by Crippen LogP contribution is -2.35. The maximum atomic E-state index is 5.47. The van der Waals surface area contributed by atoms with Gasteiger partial charge in [0.05, 0.1) is 5.60 Å². The van der Waals surface area contributed by atoms with Crippen LogP contribution in [0.5, 0.6) is 0 Å². The molecule has 0 spiro atoms. The minimum atomic E-state index is 0.176. The van der Waals surface area contributed by atoms with Gasteiger partial charge < -0.3 is 4.74 Å². The van der Waals surface area contributed by atoms with E-state index in [4.69, 9.17) is 4.74 Å². The molecule has 1 heteroatoms. The molecule has 0 amide bonds. The number of rotatable bonds is 1. The molecule has 1 aliphatic rings. The van der Waals surface area contributed by atoms with Crippen molar-refractivity contribution in [2.45, 2.75) is 52.1 Å². The molecule has 1 rings (SSSR count). The highest BCUT2D eigenvalue weighted by molar-refractivity contribution is 4.86. The zero-order chi connectivity index (χ0) is 8.54. The maximum absolute atomic E-state index is 5.47. The molecule has 0 aromatic rings. The van der Waals surface area contributed by atoms with Gasteiger partial charge in [0.25, 0.3) is 0 Å². The van der Waals surface area contributed by atoms with Crippen LogP contribution in [-0.2, 0) is 4.74 Å². The zero-order valence-corrected chi connectivity index (χ0v) is 8.24. The van der Waals surface area contributed by atoms with Crippen molar-refractivity contribution in [2.75, 3.05) is 7.11 Å². The molecular weight excluding hydrogens is 136 g/mol. The van der Waals surface area contributed by atoms with E-state index < -0.39 is 0 Å². The molecule has 66 valence electrons. The summed E-state index contributed by atoms with van der Waals surface area (Å²) in [6.07, 6.45) is 5.04. The van der Waals surface area contributed by atoms with Crippen molar-refractivity contribution < 1.29 is 4.74 Å². The van der Waals surface area contributed by atoms with Gasteiger partial charge >= 0.3 is 0 Å². The molecule has 1 saturated carbocycles. The normalized spacial score (nSPS) is 28.4. The van der Waals surface area contributed by atoms with Gasteiger partial charge in [-0.05, 0) is 38.0 Å². The van der Waals surface area contributed by atoms with Crippen molar-refractivity contribution in [3.05, 3.63) is 0 Å². The predicted molar refractivity (Wildman–Crippen MR) is 47.7 cm³/mol. The van der Waals surface area contributed by atoms with E-state index >= 15 is 0 Å². The maximum Gasteiger partial charge on any atom is 0.0651 e. The van der Waals surface area contributed by atoms with E-state index in [0.717, 1.165) is 0 Å². The van der Waals surface area contributed by atoms with Crippen molar-refractivity contribution >= 4 is 0 Å². The summed E-state index contributed by atoms with van der Waals surface area (Å²) in [5.74, 6) is 0. The summed E-state index contributed by atoms with van der Waals surface area (Å²) >= 11 is 0. The molecular formula is C10H20O. The second-order valence-corrected chi connectivity index (χ2v) is 4.82. The predicted octanol–water partition coefficient (Wildman–Crippen LogP) is 2.99. The van der Waals surface area contributed by atoms with Crippen molar-refractivity contribution in [1.82, 2.24) is 0 Å². The summed E-state index contributed by atoms with van der Waals surface area (Å²) in [5.41, 5.74) is 0.730. The Kier molecular flexibility index (Phi) is 2.29. The van der Waals surface area contributed by atoms with Gasteiger partial charge in [-0.2, -0.15) is 0 Å². The Morgan fingerprint density at radius 2 is 1.36 bits per heavy atom. The van der Waals surface area contributed by atoms with Crippen LogP contribution in [0.3, 0.4) is 0 Å². The molecule has 0 unspecified atom stereocenters. The van der Waals surface area contributed by atoms with Crippen LogP contribution in [0, 0.1) is 5.41 Å². The van der Waals surface area contributed by atoms with Gasteiger partial charge in [-0.15, -0.1) is 0 Å². The van der Waals surface area contributed by atoms with E-state index in [1.807, 2.05) is 7.11 Å². The van der Waals surface area contributed by atoms with E-state index in [0.29, 0.717) is 5.41 Å². The molecule has 0 saturated heterocycles. The summed E-state index contributed by atoms with van der Waals surface area (Å²) in [7, 11) is 1.83. The first-order valence-electron chi connectivity index (χ1n) is 4.53. The second-order valence-electron chi connectivity index (χ2n) is 4.82. The lowest BCUT2D eigenvalue weighted by Gasteiger charge is -2.40. The molecule has 1 nitrogen and oxygen atoms in total. The van der Waals surface area contributed by atoms with Gasteiger partial charge in [0.1, 0.15) is 0 Å². The fourth-order valence-corrected chi connectivity index (χ4v) is 1.66. The number of hydrogen-bond donors (Lipinski definition) is 0. The number of ether oxygens (including phenoxy) is 1. The third-order valence-electron chi connectivity index (χ3n) is 3.15. The number of hydrogen-bond acceptors (Lipinski definition) is 1. The van der Waals surface area contributed by atoms with Gasteiger partial charge in [-0.1, -0.05) is 13.8 Å². The molecule has 1 aliphatic carbocycles. The Morgan fingerprint density at radius 3 is 1.73 bits per heavy atom. The summed E-state index contributed by atoms with van der Waals surface area (Å²) in [5, 5.41) is 0. The lowest BCUT2D eigenvalue weighted by molar-refractivity contribution is -0.0467. The molecule has 0 aliphatic heterocycles. The van der Waals surface area contributed by atoms with Crippen LogP contribution < -0.4 is 0 Å². The molecule has 11 heavy (non-hydrogen) atoms. The monoisotopic (exact) mass is 156 g/mol. The van der Waals surface area contributed by atoms with Crippen LogP contribution in [0.25, 0.3) is 0 Å². The van der Waals surface area contributed by atoms with Crippen LogP contribution in [0.15, 0.2) is 0 Å². The van der Waals surface area contributed by atoms with E-state index in [9.17, 15) is 0 Å². The average molecular weight is 156 g/mol. The first-order chi connectivity index (χ1) is 4.97. The first-order valence-corrected chi connectivity index (χ1v) is 4.53. The van der Waals surface area contributed by atoms with E-state index in [-0.39, 0.29) is 5.60 Å². The zero-order valence-electron chi connectivity index (χ0n) is 8.24. The lowest BCUT2D eigenvalue weighted by atomic mass is 9.71. The van der Waals surface area contributed by atoms with Crippen LogP contribution in [-0.4, -0.2) is 12.7 Å². The second kappa shape index (κ2) is 2.78. The van der Waals surface area contributed by atoms with Crippen molar-refractivity contribution in [3.8, 4) is 0 Å². The van der Waals surface area contributed by atoms with Gasteiger partial charge in [-0.3, -0.25) is 0 Å². The molecule has 0 N–H and O–H groups in total. The Bertz CT molecular complexity index is 128. The molecule has 1 fully saturated rings. The third-order valence-corrected chi connectivity index (χ3v) is 3.15. The van der Waals surface area contributed by atoms with E-state index in [2.05, 4.69) is 20.8 Å². The molecule has 0 aromatic carbocycles. The first kappa shape index (κ1) is 9.05. The highest BCUT2D eigenvalue weighted by atomic mass is 16.5. The van der Waals surface area contributed by atoms with E-state index in [1.54, 1.807) is 0 Å². The van der Waals surface area contributed by atoms with Crippen molar-refractivity contribution in [3.63, 3.8) is 0 Å². The minimum absolute atomic E-state index is 0.176. The quantitative estimate of drug-likeness (QED) is 0.567. The Labute approximate surface area is 70.1 Å². The molecule has 0 aromatic heterocycles. The summed E-state index contributed by atoms with van der Waals surface area (Å²) in [6.45, 7) is 6.92. The molecule has 0 atom stereocenters. The Hall–Kier alpha value is -0.0400. The van der Waals surface area contributed by atoms with Gasteiger partial charge in [-0.25, -0.2) is 0 Å². The Balaban J connectivity index is 2.48. The standard InChI is InChI=1S/C10H20O/c1-9(2)5-7-10(3,11-4)8-6-9/h5-8H2,1-4H3.